The van der Waals surface area contributed by atoms with E-state index in [2.05, 4.69) is 14.8 Å². The quantitative estimate of drug-likeness (QED) is 0.797. The van der Waals surface area contributed by atoms with Crippen molar-refractivity contribution in [1.29, 1.82) is 0 Å². The van der Waals surface area contributed by atoms with E-state index in [1.807, 2.05) is 30.4 Å². The smallest absolute Gasteiger partial charge is 0.255 e. The summed E-state index contributed by atoms with van der Waals surface area (Å²) in [5.41, 5.74) is -0.698. The molecule has 0 aliphatic carbocycles. The molecule has 1 atom stereocenters. The third-order valence-electron chi connectivity index (χ3n) is 4.17. The Hall–Kier alpha value is -1.18. The van der Waals surface area contributed by atoms with Crippen LogP contribution in [-0.2, 0) is 9.53 Å². The number of amides is 1. The van der Waals surface area contributed by atoms with E-state index in [4.69, 9.17) is 4.74 Å². The molecule has 0 aromatic carbocycles. The average Bonchev–Trinajstić information content (AvgIpc) is 3.00. The summed E-state index contributed by atoms with van der Waals surface area (Å²) < 4.78 is 5.79. The lowest BCUT2D eigenvalue weighted by molar-refractivity contribution is -0.166. The number of nitrogens with zero attached hydrogens (tertiary/aromatic N) is 4. The molecule has 2 fully saturated rings. The van der Waals surface area contributed by atoms with Gasteiger partial charge in [0.2, 0.25) is 0 Å². The molecule has 0 unspecified atom stereocenters. The Kier molecular flexibility index (Phi) is 4.14. The lowest BCUT2D eigenvalue weighted by atomic mass is 10.0. The molecule has 3 rings (SSSR count). The number of likely N-dealkylation sites (N-methyl/N-ethyl adjacent to an activating group) is 1. The molecule has 1 aromatic rings. The second-order valence-electron chi connectivity index (χ2n) is 5.91. The molecule has 7 heteroatoms. The van der Waals surface area contributed by atoms with Gasteiger partial charge in [-0.3, -0.25) is 4.79 Å². The van der Waals surface area contributed by atoms with Crippen molar-refractivity contribution in [3.05, 3.63) is 11.6 Å². The summed E-state index contributed by atoms with van der Waals surface area (Å²) in [7, 11) is 2.04. The molecule has 2 aliphatic heterocycles. The standard InChI is InChI=1S/C14H22N4O2S/c1-14(11-16(2)8-9-20-14)12(19)17-4-6-18(7-5-17)13-15-3-10-21-13/h3,10H,4-9,11H2,1-2H3/t14-/m0/s1. The summed E-state index contributed by atoms with van der Waals surface area (Å²) in [6, 6.07) is 0. The van der Waals surface area contributed by atoms with Crippen LogP contribution in [0.25, 0.3) is 0 Å². The first kappa shape index (κ1) is 14.7. The van der Waals surface area contributed by atoms with Crippen LogP contribution in [0, 0.1) is 0 Å². The number of ether oxygens (including phenoxy) is 1. The highest BCUT2D eigenvalue weighted by molar-refractivity contribution is 7.13. The Labute approximate surface area is 129 Å². The van der Waals surface area contributed by atoms with Crippen molar-refractivity contribution >= 4 is 22.4 Å². The minimum Gasteiger partial charge on any atom is -0.363 e. The molecular formula is C14H22N4O2S. The lowest BCUT2D eigenvalue weighted by Gasteiger charge is -2.43. The van der Waals surface area contributed by atoms with Crippen molar-refractivity contribution < 1.29 is 9.53 Å². The van der Waals surface area contributed by atoms with Gasteiger partial charge < -0.3 is 19.4 Å². The molecule has 1 aromatic heterocycles. The fourth-order valence-electron chi connectivity index (χ4n) is 3.00. The van der Waals surface area contributed by atoms with Crippen LogP contribution in [0.15, 0.2) is 11.6 Å². The van der Waals surface area contributed by atoms with Crippen molar-refractivity contribution in [2.24, 2.45) is 0 Å². The number of piperazine rings is 1. The van der Waals surface area contributed by atoms with Gasteiger partial charge in [0, 0.05) is 50.8 Å². The lowest BCUT2D eigenvalue weighted by Crippen LogP contribution is -2.61. The predicted octanol–water partition coefficient (Wildman–Crippen LogP) is 0.512. The molecule has 3 heterocycles. The van der Waals surface area contributed by atoms with E-state index >= 15 is 0 Å². The first-order valence-electron chi connectivity index (χ1n) is 7.35. The summed E-state index contributed by atoms with van der Waals surface area (Å²) in [5.74, 6) is 0.118. The summed E-state index contributed by atoms with van der Waals surface area (Å²) in [6.45, 7) is 7.24. The zero-order valence-corrected chi connectivity index (χ0v) is 13.4. The topological polar surface area (TPSA) is 48.9 Å². The van der Waals surface area contributed by atoms with Gasteiger partial charge in [-0.05, 0) is 14.0 Å². The van der Waals surface area contributed by atoms with Crippen molar-refractivity contribution in [3.8, 4) is 0 Å². The monoisotopic (exact) mass is 310 g/mol. The van der Waals surface area contributed by atoms with E-state index in [-0.39, 0.29) is 5.91 Å². The van der Waals surface area contributed by atoms with Gasteiger partial charge in [-0.2, -0.15) is 0 Å². The van der Waals surface area contributed by atoms with E-state index < -0.39 is 5.60 Å². The molecule has 2 saturated heterocycles. The average molecular weight is 310 g/mol. The molecular weight excluding hydrogens is 288 g/mol. The van der Waals surface area contributed by atoms with Crippen LogP contribution in [-0.4, -0.2) is 79.2 Å². The molecule has 116 valence electrons. The molecule has 0 spiro atoms. The van der Waals surface area contributed by atoms with Crippen LogP contribution in [0.3, 0.4) is 0 Å². The van der Waals surface area contributed by atoms with Crippen molar-refractivity contribution in [2.45, 2.75) is 12.5 Å². The fourth-order valence-corrected chi connectivity index (χ4v) is 3.70. The van der Waals surface area contributed by atoms with Crippen molar-refractivity contribution in [1.82, 2.24) is 14.8 Å². The van der Waals surface area contributed by atoms with E-state index in [0.29, 0.717) is 13.2 Å². The zero-order chi connectivity index (χ0) is 14.9. The van der Waals surface area contributed by atoms with Crippen molar-refractivity contribution in [3.63, 3.8) is 0 Å². The molecule has 0 bridgehead atoms. The second-order valence-corrected chi connectivity index (χ2v) is 6.78. The Morgan fingerprint density at radius 3 is 2.71 bits per heavy atom. The molecule has 2 aliphatic rings. The minimum atomic E-state index is -0.698. The maximum atomic E-state index is 12.8. The Morgan fingerprint density at radius 2 is 2.10 bits per heavy atom. The van der Waals surface area contributed by atoms with Gasteiger partial charge in [0.15, 0.2) is 10.7 Å². The largest absolute Gasteiger partial charge is 0.363 e. The van der Waals surface area contributed by atoms with Gasteiger partial charge >= 0.3 is 0 Å². The number of aromatic nitrogens is 1. The van der Waals surface area contributed by atoms with Gasteiger partial charge in [0.05, 0.1) is 6.61 Å². The van der Waals surface area contributed by atoms with E-state index in [1.54, 1.807) is 11.3 Å². The highest BCUT2D eigenvalue weighted by Crippen LogP contribution is 2.23. The number of carbonyl (C=O) groups is 1. The number of morpholine rings is 1. The van der Waals surface area contributed by atoms with E-state index in [1.165, 1.54) is 0 Å². The Balaban J connectivity index is 1.60. The maximum absolute atomic E-state index is 12.8. The van der Waals surface area contributed by atoms with Crippen LogP contribution in [0.1, 0.15) is 6.92 Å². The normalized spacial score (nSPS) is 27.9. The number of carbonyl (C=O) groups excluding carboxylic acids is 1. The fraction of sp³-hybridized carbons (Fsp3) is 0.714. The van der Waals surface area contributed by atoms with Crippen molar-refractivity contribution in [2.75, 3.05) is 57.8 Å². The second kappa shape index (κ2) is 5.90. The summed E-state index contributed by atoms with van der Waals surface area (Å²) in [5, 5.41) is 3.03. The third-order valence-corrected chi connectivity index (χ3v) is 5.01. The van der Waals surface area contributed by atoms with Crippen LogP contribution < -0.4 is 4.90 Å². The van der Waals surface area contributed by atoms with Crippen LogP contribution in [0.2, 0.25) is 0 Å². The van der Waals surface area contributed by atoms with E-state index in [9.17, 15) is 4.79 Å². The van der Waals surface area contributed by atoms with Crippen LogP contribution in [0.4, 0.5) is 5.13 Å². The summed E-state index contributed by atoms with van der Waals surface area (Å²) in [6.07, 6.45) is 1.82. The van der Waals surface area contributed by atoms with Crippen LogP contribution in [0.5, 0.6) is 0 Å². The SMILES string of the molecule is CN1CCO[C@](C)(C(=O)N2CCN(c3nccs3)CC2)C1. The number of anilines is 1. The van der Waals surface area contributed by atoms with Gasteiger partial charge in [-0.25, -0.2) is 4.98 Å². The molecule has 0 N–H and O–H groups in total. The molecule has 0 radical (unpaired) electrons. The predicted molar refractivity (Wildman–Crippen MR) is 82.8 cm³/mol. The number of thiazole rings is 1. The van der Waals surface area contributed by atoms with Gasteiger partial charge in [-0.1, -0.05) is 0 Å². The number of hydrogen-bond donors (Lipinski definition) is 0. The highest BCUT2D eigenvalue weighted by Gasteiger charge is 2.41. The summed E-state index contributed by atoms with van der Waals surface area (Å²) in [4.78, 5) is 23.4. The van der Waals surface area contributed by atoms with Gasteiger partial charge in [-0.15, -0.1) is 11.3 Å². The first-order chi connectivity index (χ1) is 10.1. The zero-order valence-electron chi connectivity index (χ0n) is 12.6. The molecule has 6 nitrogen and oxygen atoms in total. The van der Waals surface area contributed by atoms with Crippen LogP contribution >= 0.6 is 11.3 Å². The summed E-state index contributed by atoms with van der Waals surface area (Å²) >= 11 is 1.65. The highest BCUT2D eigenvalue weighted by atomic mass is 32.1. The van der Waals surface area contributed by atoms with Gasteiger partial charge in [0.1, 0.15) is 0 Å². The maximum Gasteiger partial charge on any atom is 0.255 e. The molecule has 1 amide bonds. The molecule has 21 heavy (non-hydrogen) atoms. The first-order valence-corrected chi connectivity index (χ1v) is 8.23. The number of hydrogen-bond acceptors (Lipinski definition) is 6. The number of rotatable bonds is 2. The molecule has 0 saturated carbocycles. The van der Waals surface area contributed by atoms with E-state index in [0.717, 1.165) is 37.9 Å². The third kappa shape index (κ3) is 3.04. The van der Waals surface area contributed by atoms with Gasteiger partial charge in [0.25, 0.3) is 5.91 Å². The minimum absolute atomic E-state index is 0.118. The Bertz CT molecular complexity index is 487. The Morgan fingerprint density at radius 1 is 1.33 bits per heavy atom.